The van der Waals surface area contributed by atoms with E-state index in [9.17, 15) is 0 Å². The second-order valence-electron chi connectivity index (χ2n) is 2.56. The zero-order chi connectivity index (χ0) is 9.14. The van der Waals surface area contributed by atoms with Crippen molar-refractivity contribution < 1.29 is 5.11 Å². The minimum absolute atomic E-state index is 0.137. The summed E-state index contributed by atoms with van der Waals surface area (Å²) in [6, 6.07) is 7.20. The van der Waals surface area contributed by atoms with Gasteiger partial charge in [-0.25, -0.2) is 0 Å². The number of phenolic OH excluding ortho intramolecular Hbond substituents is 1. The van der Waals surface area contributed by atoms with Gasteiger partial charge in [-0.2, -0.15) is 5.26 Å². The van der Waals surface area contributed by atoms with Crippen LogP contribution in [-0.4, -0.2) is 5.11 Å². The molecule has 2 nitrogen and oxygen atoms in total. The van der Waals surface area contributed by atoms with Gasteiger partial charge in [-0.05, 0) is 40.5 Å². The second kappa shape index (κ2) is 3.59. The summed E-state index contributed by atoms with van der Waals surface area (Å²) >= 11 is 3.18. The lowest BCUT2D eigenvalue weighted by molar-refractivity contribution is 0.471. The number of hydrogen-bond acceptors (Lipinski definition) is 2. The Morgan fingerprint density at radius 1 is 1.58 bits per heavy atom. The van der Waals surface area contributed by atoms with Crippen molar-refractivity contribution in [1.82, 2.24) is 0 Å². The van der Waals surface area contributed by atoms with E-state index < -0.39 is 0 Å². The SMILES string of the molecule is CC(C#N)c1ccc(O)c(Br)c1. The molecule has 0 aliphatic rings. The van der Waals surface area contributed by atoms with Gasteiger partial charge in [0.1, 0.15) is 5.75 Å². The molecular formula is C9H8BrNO. The fourth-order valence-corrected chi connectivity index (χ4v) is 1.26. The summed E-state index contributed by atoms with van der Waals surface area (Å²) in [6.07, 6.45) is 0. The molecule has 1 aromatic rings. The van der Waals surface area contributed by atoms with Gasteiger partial charge in [0.05, 0.1) is 16.5 Å². The van der Waals surface area contributed by atoms with Crippen molar-refractivity contribution in [1.29, 1.82) is 5.26 Å². The lowest BCUT2D eigenvalue weighted by Gasteiger charge is -2.03. The molecule has 1 rings (SSSR count). The number of halogens is 1. The molecule has 1 atom stereocenters. The third-order valence-corrected chi connectivity index (χ3v) is 2.30. The predicted molar refractivity (Wildman–Crippen MR) is 49.8 cm³/mol. The highest BCUT2D eigenvalue weighted by Gasteiger charge is 2.05. The van der Waals surface area contributed by atoms with Crippen LogP contribution in [0.2, 0.25) is 0 Å². The number of nitrogens with zero attached hydrogens (tertiary/aromatic N) is 1. The van der Waals surface area contributed by atoms with Crippen LogP contribution in [0.3, 0.4) is 0 Å². The number of hydrogen-bond donors (Lipinski definition) is 1. The fourth-order valence-electron chi connectivity index (χ4n) is 0.867. The maximum Gasteiger partial charge on any atom is 0.129 e. The standard InChI is InChI=1S/C9H8BrNO/c1-6(5-11)7-2-3-9(12)8(10)4-7/h2-4,6,12H,1H3. The average molecular weight is 226 g/mol. The van der Waals surface area contributed by atoms with Crippen LogP contribution in [0.4, 0.5) is 0 Å². The van der Waals surface area contributed by atoms with Crippen LogP contribution >= 0.6 is 15.9 Å². The molecule has 0 saturated heterocycles. The molecule has 0 radical (unpaired) electrons. The van der Waals surface area contributed by atoms with Crippen molar-refractivity contribution in [2.24, 2.45) is 0 Å². The highest BCUT2D eigenvalue weighted by Crippen LogP contribution is 2.27. The minimum Gasteiger partial charge on any atom is -0.507 e. The van der Waals surface area contributed by atoms with Crippen LogP contribution in [0.1, 0.15) is 18.4 Å². The molecule has 0 spiro atoms. The number of benzene rings is 1. The van der Waals surface area contributed by atoms with Gasteiger partial charge in [-0.1, -0.05) is 6.07 Å². The lowest BCUT2D eigenvalue weighted by Crippen LogP contribution is -1.88. The summed E-state index contributed by atoms with van der Waals surface area (Å²) < 4.78 is 0.627. The fraction of sp³-hybridized carbons (Fsp3) is 0.222. The van der Waals surface area contributed by atoms with Gasteiger partial charge in [0.15, 0.2) is 0 Å². The molecule has 0 aliphatic heterocycles. The number of phenols is 1. The van der Waals surface area contributed by atoms with Gasteiger partial charge in [0.2, 0.25) is 0 Å². The van der Waals surface area contributed by atoms with E-state index in [1.165, 1.54) is 0 Å². The Balaban J connectivity index is 3.06. The summed E-state index contributed by atoms with van der Waals surface area (Å²) in [4.78, 5) is 0. The molecular weight excluding hydrogens is 218 g/mol. The van der Waals surface area contributed by atoms with Crippen LogP contribution in [0.15, 0.2) is 22.7 Å². The van der Waals surface area contributed by atoms with Crippen molar-refractivity contribution in [2.75, 3.05) is 0 Å². The molecule has 1 N–H and O–H groups in total. The predicted octanol–water partition coefficient (Wildman–Crippen LogP) is 2.78. The van der Waals surface area contributed by atoms with Crippen molar-refractivity contribution >= 4 is 15.9 Å². The summed E-state index contributed by atoms with van der Waals surface area (Å²) in [7, 11) is 0. The molecule has 0 amide bonds. The van der Waals surface area contributed by atoms with Crippen LogP contribution in [-0.2, 0) is 0 Å². The van der Waals surface area contributed by atoms with Gasteiger partial charge in [-0.15, -0.1) is 0 Å². The summed E-state index contributed by atoms with van der Waals surface area (Å²) in [6.45, 7) is 1.82. The van der Waals surface area contributed by atoms with Gasteiger partial charge in [0.25, 0.3) is 0 Å². The van der Waals surface area contributed by atoms with Gasteiger partial charge in [-0.3, -0.25) is 0 Å². The molecule has 0 aliphatic carbocycles. The van der Waals surface area contributed by atoms with Gasteiger partial charge in [0, 0.05) is 0 Å². The Morgan fingerprint density at radius 3 is 2.75 bits per heavy atom. The average Bonchev–Trinajstić information content (AvgIpc) is 2.08. The molecule has 0 saturated carbocycles. The number of rotatable bonds is 1. The number of nitriles is 1. The highest BCUT2D eigenvalue weighted by molar-refractivity contribution is 9.10. The van der Waals surface area contributed by atoms with Crippen LogP contribution < -0.4 is 0 Å². The monoisotopic (exact) mass is 225 g/mol. The topological polar surface area (TPSA) is 44.0 Å². The van der Waals surface area contributed by atoms with Gasteiger partial charge < -0.3 is 5.11 Å². The molecule has 1 unspecified atom stereocenters. The first kappa shape index (κ1) is 9.08. The minimum atomic E-state index is -0.137. The summed E-state index contributed by atoms with van der Waals surface area (Å²) in [5.74, 6) is 0.0609. The first-order valence-corrected chi connectivity index (χ1v) is 4.32. The molecule has 1 aromatic carbocycles. The van der Waals surface area contributed by atoms with E-state index >= 15 is 0 Å². The van der Waals surface area contributed by atoms with Crippen molar-refractivity contribution in [3.8, 4) is 11.8 Å². The Hall–Kier alpha value is -1.01. The second-order valence-corrected chi connectivity index (χ2v) is 3.42. The van der Waals surface area contributed by atoms with E-state index in [0.29, 0.717) is 4.47 Å². The molecule has 0 aromatic heterocycles. The summed E-state index contributed by atoms with van der Waals surface area (Å²) in [5.41, 5.74) is 0.905. The van der Waals surface area contributed by atoms with E-state index in [4.69, 9.17) is 10.4 Å². The third kappa shape index (κ3) is 1.77. The van der Waals surface area contributed by atoms with Gasteiger partial charge >= 0.3 is 0 Å². The Labute approximate surface area is 79.6 Å². The van der Waals surface area contributed by atoms with Crippen molar-refractivity contribution in [3.63, 3.8) is 0 Å². The zero-order valence-corrected chi connectivity index (χ0v) is 8.17. The van der Waals surface area contributed by atoms with Crippen LogP contribution in [0, 0.1) is 11.3 Å². The summed E-state index contributed by atoms with van der Waals surface area (Å²) in [5, 5.41) is 17.8. The Kier molecular flexibility index (Phi) is 2.72. The van der Waals surface area contributed by atoms with E-state index in [1.807, 2.05) is 6.92 Å². The van der Waals surface area contributed by atoms with E-state index in [-0.39, 0.29) is 11.7 Å². The Bertz CT molecular complexity index is 330. The van der Waals surface area contributed by atoms with Crippen LogP contribution in [0.5, 0.6) is 5.75 Å². The van der Waals surface area contributed by atoms with Crippen molar-refractivity contribution in [3.05, 3.63) is 28.2 Å². The highest BCUT2D eigenvalue weighted by atomic mass is 79.9. The molecule has 3 heteroatoms. The maximum atomic E-state index is 9.17. The first-order valence-electron chi connectivity index (χ1n) is 3.53. The molecule has 0 fully saturated rings. The van der Waals surface area contributed by atoms with E-state index in [2.05, 4.69) is 22.0 Å². The third-order valence-electron chi connectivity index (χ3n) is 1.67. The smallest absolute Gasteiger partial charge is 0.129 e. The van der Waals surface area contributed by atoms with Crippen LogP contribution in [0.25, 0.3) is 0 Å². The molecule has 0 heterocycles. The maximum absolute atomic E-state index is 9.17. The number of aromatic hydroxyl groups is 1. The van der Waals surface area contributed by atoms with E-state index in [0.717, 1.165) is 5.56 Å². The normalized spacial score (nSPS) is 12.1. The first-order chi connectivity index (χ1) is 5.65. The quantitative estimate of drug-likeness (QED) is 0.799. The molecule has 12 heavy (non-hydrogen) atoms. The van der Waals surface area contributed by atoms with Crippen molar-refractivity contribution in [2.45, 2.75) is 12.8 Å². The van der Waals surface area contributed by atoms with E-state index in [1.54, 1.807) is 18.2 Å². The zero-order valence-electron chi connectivity index (χ0n) is 6.58. The largest absolute Gasteiger partial charge is 0.507 e. The molecule has 0 bridgehead atoms. The Morgan fingerprint density at radius 2 is 2.25 bits per heavy atom. The molecule has 62 valence electrons. The lowest BCUT2D eigenvalue weighted by atomic mass is 10.0.